The number of nitrogens with zero attached hydrogens (tertiary/aromatic N) is 5. The van der Waals surface area contributed by atoms with Crippen LogP contribution in [0, 0.1) is 11.5 Å². The van der Waals surface area contributed by atoms with Crippen LogP contribution < -0.4 is 5.32 Å². The van der Waals surface area contributed by atoms with E-state index in [0.717, 1.165) is 17.0 Å². The number of aromatic nitrogens is 5. The van der Waals surface area contributed by atoms with Crippen molar-refractivity contribution in [1.82, 2.24) is 24.1 Å². The second kappa shape index (κ2) is 5.31. The molecular weight excluding hydrogens is 292 g/mol. The van der Waals surface area contributed by atoms with E-state index >= 15 is 0 Å². The van der Waals surface area contributed by atoms with Gasteiger partial charge in [-0.2, -0.15) is 5.10 Å². The highest BCUT2D eigenvalue weighted by molar-refractivity contribution is 6.83. The second-order valence-corrected chi connectivity index (χ2v) is 10.9. The van der Waals surface area contributed by atoms with Crippen molar-refractivity contribution in [2.75, 3.05) is 5.32 Å². The Morgan fingerprint density at radius 2 is 2.00 bits per heavy atom. The minimum atomic E-state index is -1.42. The predicted octanol–water partition coefficient (Wildman–Crippen LogP) is 2.44. The van der Waals surface area contributed by atoms with E-state index in [1.807, 2.05) is 23.8 Å². The zero-order valence-electron chi connectivity index (χ0n) is 13.1. The van der Waals surface area contributed by atoms with Crippen LogP contribution >= 0.6 is 0 Å². The molecule has 0 unspecified atom stereocenters. The smallest absolute Gasteiger partial charge is 0.181 e. The maximum absolute atomic E-state index is 4.45. The van der Waals surface area contributed by atoms with Gasteiger partial charge in [-0.3, -0.25) is 9.08 Å². The fraction of sp³-hybridized carbons (Fsp3) is 0.267. The van der Waals surface area contributed by atoms with Gasteiger partial charge in [0.05, 0.1) is 18.1 Å². The molecule has 3 rings (SSSR count). The molecule has 3 aromatic heterocycles. The molecule has 0 bridgehead atoms. The van der Waals surface area contributed by atoms with E-state index in [2.05, 4.69) is 51.5 Å². The second-order valence-electron chi connectivity index (χ2n) is 6.14. The molecule has 0 aromatic carbocycles. The van der Waals surface area contributed by atoms with Crippen molar-refractivity contribution in [3.63, 3.8) is 0 Å². The van der Waals surface area contributed by atoms with Crippen LogP contribution in [0.4, 0.5) is 11.5 Å². The number of hydrogen-bond acceptors (Lipinski definition) is 4. The van der Waals surface area contributed by atoms with Crippen molar-refractivity contribution in [2.24, 2.45) is 7.05 Å². The van der Waals surface area contributed by atoms with Crippen molar-refractivity contribution in [2.45, 2.75) is 19.6 Å². The fourth-order valence-electron chi connectivity index (χ4n) is 1.97. The molecule has 7 heteroatoms. The van der Waals surface area contributed by atoms with E-state index in [1.54, 1.807) is 23.3 Å². The van der Waals surface area contributed by atoms with E-state index < -0.39 is 8.07 Å². The fourth-order valence-corrected chi connectivity index (χ4v) is 2.48. The third-order valence-electron chi connectivity index (χ3n) is 2.96. The largest absolute Gasteiger partial charge is 0.335 e. The highest BCUT2D eigenvalue weighted by Crippen LogP contribution is 2.18. The van der Waals surface area contributed by atoms with Crippen molar-refractivity contribution in [3.8, 4) is 11.5 Å². The summed E-state index contributed by atoms with van der Waals surface area (Å²) in [5.74, 6) is 3.93. The van der Waals surface area contributed by atoms with Gasteiger partial charge in [0.15, 0.2) is 11.5 Å². The van der Waals surface area contributed by atoms with Gasteiger partial charge in [-0.05, 0) is 0 Å². The Morgan fingerprint density at radius 1 is 1.18 bits per heavy atom. The summed E-state index contributed by atoms with van der Waals surface area (Å²) in [4.78, 5) is 8.81. The Kier molecular flexibility index (Phi) is 3.46. The van der Waals surface area contributed by atoms with Gasteiger partial charge in [-0.15, -0.1) is 5.54 Å². The molecule has 0 atom stereocenters. The van der Waals surface area contributed by atoms with Crippen LogP contribution in [0.5, 0.6) is 0 Å². The summed E-state index contributed by atoms with van der Waals surface area (Å²) < 4.78 is 3.69. The molecule has 1 N–H and O–H groups in total. The third kappa shape index (κ3) is 3.02. The van der Waals surface area contributed by atoms with Crippen LogP contribution in [0.25, 0.3) is 5.65 Å². The van der Waals surface area contributed by atoms with Crippen molar-refractivity contribution >= 4 is 25.2 Å². The Labute approximate surface area is 130 Å². The minimum Gasteiger partial charge on any atom is -0.335 e. The summed E-state index contributed by atoms with van der Waals surface area (Å²) in [6, 6.07) is 0. The quantitative estimate of drug-likeness (QED) is 0.583. The lowest BCUT2D eigenvalue weighted by atomic mass is 10.5. The number of anilines is 2. The van der Waals surface area contributed by atoms with Crippen molar-refractivity contribution in [3.05, 3.63) is 36.7 Å². The molecule has 3 aromatic rings. The van der Waals surface area contributed by atoms with Crippen molar-refractivity contribution < 1.29 is 0 Å². The average molecular weight is 310 g/mol. The van der Waals surface area contributed by atoms with Crippen LogP contribution in [0.2, 0.25) is 19.6 Å². The zero-order chi connectivity index (χ0) is 15.7. The van der Waals surface area contributed by atoms with E-state index in [0.29, 0.717) is 5.82 Å². The van der Waals surface area contributed by atoms with E-state index in [9.17, 15) is 0 Å². The summed E-state index contributed by atoms with van der Waals surface area (Å²) in [6.45, 7) is 6.67. The highest BCUT2D eigenvalue weighted by Gasteiger charge is 2.10. The molecule has 0 spiro atoms. The van der Waals surface area contributed by atoms with Gasteiger partial charge >= 0.3 is 0 Å². The van der Waals surface area contributed by atoms with Crippen LogP contribution in [-0.2, 0) is 7.05 Å². The number of hydrogen-bond donors (Lipinski definition) is 1. The maximum Gasteiger partial charge on any atom is 0.181 e. The zero-order valence-corrected chi connectivity index (χ0v) is 14.1. The molecular formula is C15H18N6Si. The normalized spacial score (nSPS) is 11.3. The average Bonchev–Trinajstić information content (AvgIpc) is 3.03. The van der Waals surface area contributed by atoms with Crippen molar-refractivity contribution in [1.29, 1.82) is 0 Å². The molecule has 0 aliphatic rings. The standard InChI is InChI=1S/C15H18N6Si/c1-20-11-12(9-18-20)19-14-15-17-10-13(5-8-22(2,3)4)21(15)7-6-16-14/h6-7,9-11H,1-4H3,(H,16,19). The topological polar surface area (TPSA) is 60.0 Å². The SMILES string of the molecule is Cn1cc(Nc2nccn3c(C#C[Si](C)(C)C)cnc23)cn1. The molecule has 0 saturated heterocycles. The Balaban J connectivity index is 1.99. The summed E-state index contributed by atoms with van der Waals surface area (Å²) in [5.41, 5.74) is 5.88. The molecule has 0 radical (unpaired) electrons. The molecule has 0 amide bonds. The summed E-state index contributed by atoms with van der Waals surface area (Å²) >= 11 is 0. The molecule has 0 aliphatic heterocycles. The van der Waals surface area contributed by atoms with Gasteiger partial charge in [0, 0.05) is 25.6 Å². The molecule has 22 heavy (non-hydrogen) atoms. The first-order chi connectivity index (χ1) is 10.4. The lowest BCUT2D eigenvalue weighted by Crippen LogP contribution is -2.16. The van der Waals surface area contributed by atoms with Gasteiger partial charge in [-0.1, -0.05) is 25.6 Å². The lowest BCUT2D eigenvalue weighted by molar-refractivity contribution is 0.768. The number of rotatable bonds is 2. The first kappa shape index (κ1) is 14.3. The summed E-state index contributed by atoms with van der Waals surface area (Å²) in [6.07, 6.45) is 9.05. The number of imidazole rings is 1. The van der Waals surface area contributed by atoms with Crippen LogP contribution in [0.15, 0.2) is 31.0 Å². The number of nitrogens with one attached hydrogen (secondary N) is 1. The number of aryl methyl sites for hydroxylation is 1. The third-order valence-corrected chi connectivity index (χ3v) is 3.84. The molecule has 3 heterocycles. The number of fused-ring (bicyclic) bond motifs is 1. The molecule has 6 nitrogen and oxygen atoms in total. The Bertz CT molecular complexity index is 875. The van der Waals surface area contributed by atoms with E-state index in [1.165, 1.54) is 0 Å². The predicted molar refractivity (Wildman–Crippen MR) is 89.7 cm³/mol. The molecule has 0 saturated carbocycles. The first-order valence-corrected chi connectivity index (χ1v) is 10.5. The van der Waals surface area contributed by atoms with Gasteiger partial charge in [-0.25, -0.2) is 9.97 Å². The van der Waals surface area contributed by atoms with Gasteiger partial charge in [0.25, 0.3) is 0 Å². The Hall–Kier alpha value is -2.59. The molecule has 0 fully saturated rings. The van der Waals surface area contributed by atoms with Crippen LogP contribution in [-0.4, -0.2) is 32.2 Å². The minimum absolute atomic E-state index is 0.691. The van der Waals surface area contributed by atoms with Crippen LogP contribution in [0.3, 0.4) is 0 Å². The van der Waals surface area contributed by atoms with Gasteiger partial charge < -0.3 is 5.32 Å². The maximum atomic E-state index is 4.45. The van der Waals surface area contributed by atoms with Crippen LogP contribution in [0.1, 0.15) is 5.69 Å². The Morgan fingerprint density at radius 3 is 2.68 bits per heavy atom. The monoisotopic (exact) mass is 310 g/mol. The molecule has 0 aliphatic carbocycles. The van der Waals surface area contributed by atoms with Gasteiger partial charge in [0.2, 0.25) is 0 Å². The first-order valence-electron chi connectivity index (χ1n) is 7.03. The highest BCUT2D eigenvalue weighted by atomic mass is 28.3. The van der Waals surface area contributed by atoms with E-state index in [4.69, 9.17) is 0 Å². The van der Waals surface area contributed by atoms with Gasteiger partial charge in [0.1, 0.15) is 13.8 Å². The lowest BCUT2D eigenvalue weighted by Gasteiger charge is -2.05. The van der Waals surface area contributed by atoms with E-state index in [-0.39, 0.29) is 0 Å². The molecule has 112 valence electrons. The summed E-state index contributed by atoms with van der Waals surface area (Å²) in [5, 5.41) is 7.37. The summed E-state index contributed by atoms with van der Waals surface area (Å²) in [7, 11) is 0.457.